The molecule has 0 amide bonds. The molecule has 0 unspecified atom stereocenters. The van der Waals surface area contributed by atoms with Gasteiger partial charge in [0.2, 0.25) is 0 Å². The molecule has 3 aromatic heterocycles. The van der Waals surface area contributed by atoms with Crippen molar-refractivity contribution in [1.82, 2.24) is 23.7 Å². The van der Waals surface area contributed by atoms with Gasteiger partial charge in [0, 0.05) is 7.05 Å². The normalized spacial score (nSPS) is 12.2. The van der Waals surface area contributed by atoms with Gasteiger partial charge < -0.3 is 0 Å². The maximum absolute atomic E-state index is 12.7. The van der Waals surface area contributed by atoms with Crippen LogP contribution in [0, 0.1) is 6.92 Å². The van der Waals surface area contributed by atoms with E-state index in [4.69, 9.17) is 0 Å². The second-order valence-electron chi connectivity index (χ2n) is 4.77. The minimum atomic E-state index is -4.52. The first kappa shape index (κ1) is 14.7. The number of hydrogen-bond acceptors (Lipinski definition) is 5. The summed E-state index contributed by atoms with van der Waals surface area (Å²) in [6.07, 6.45) is -3.21. The molecule has 0 fully saturated rings. The quantitative estimate of drug-likeness (QED) is 0.721. The van der Waals surface area contributed by atoms with Gasteiger partial charge in [-0.05, 0) is 24.5 Å². The van der Waals surface area contributed by atoms with Crippen molar-refractivity contribution >= 4 is 21.7 Å². The maximum atomic E-state index is 12.7. The van der Waals surface area contributed by atoms with Crippen molar-refractivity contribution in [2.75, 3.05) is 0 Å². The molecule has 0 bridgehead atoms. The number of hydrogen-bond donors (Lipinski definition) is 0. The Labute approximate surface area is 126 Å². The lowest BCUT2D eigenvalue weighted by Crippen LogP contribution is -2.22. The third-order valence-corrected chi connectivity index (χ3v) is 4.08. The predicted molar refractivity (Wildman–Crippen MR) is 73.7 cm³/mol. The Balaban J connectivity index is 2.04. The number of fused-ring (bicyclic) bond motifs is 1. The minimum Gasteiger partial charge on any atom is -0.293 e. The summed E-state index contributed by atoms with van der Waals surface area (Å²) in [5.74, 6) is 0. The van der Waals surface area contributed by atoms with Crippen LogP contribution in [0.1, 0.15) is 17.1 Å². The van der Waals surface area contributed by atoms with E-state index in [1.54, 1.807) is 6.92 Å². The van der Waals surface area contributed by atoms with E-state index in [0.29, 0.717) is 15.9 Å². The minimum absolute atomic E-state index is 0.0450. The molecule has 10 heteroatoms. The van der Waals surface area contributed by atoms with E-state index in [0.717, 1.165) is 22.3 Å². The number of alkyl halides is 3. The molecule has 3 aromatic rings. The first-order chi connectivity index (χ1) is 10.3. The van der Waals surface area contributed by atoms with Gasteiger partial charge >= 0.3 is 6.18 Å². The van der Waals surface area contributed by atoms with E-state index >= 15 is 0 Å². The molecule has 0 spiro atoms. The van der Waals surface area contributed by atoms with Crippen molar-refractivity contribution in [3.8, 4) is 0 Å². The summed E-state index contributed by atoms with van der Waals surface area (Å²) in [6.45, 7) is 1.65. The van der Waals surface area contributed by atoms with Gasteiger partial charge in [-0.2, -0.15) is 22.6 Å². The number of halogens is 3. The average Bonchev–Trinajstić information content (AvgIpc) is 2.97. The molecule has 22 heavy (non-hydrogen) atoms. The second kappa shape index (κ2) is 4.90. The first-order valence-corrected chi connectivity index (χ1v) is 6.96. The van der Waals surface area contributed by atoms with Crippen LogP contribution in [0.5, 0.6) is 0 Å². The van der Waals surface area contributed by atoms with Gasteiger partial charge in [-0.25, -0.2) is 4.98 Å². The summed E-state index contributed by atoms with van der Waals surface area (Å²) in [5, 5.41) is 3.82. The highest BCUT2D eigenvalue weighted by molar-refractivity contribution is 7.12. The number of rotatable bonds is 2. The Kier molecular flexibility index (Phi) is 3.28. The van der Waals surface area contributed by atoms with Crippen LogP contribution >= 0.6 is 11.5 Å². The van der Waals surface area contributed by atoms with E-state index in [1.807, 2.05) is 0 Å². The molecule has 0 aliphatic rings. The molecule has 6 nitrogen and oxygen atoms in total. The molecule has 0 aliphatic heterocycles. The van der Waals surface area contributed by atoms with E-state index in [1.165, 1.54) is 17.9 Å². The van der Waals surface area contributed by atoms with Crippen LogP contribution < -0.4 is 5.56 Å². The fourth-order valence-corrected chi connectivity index (χ4v) is 2.83. The standard InChI is InChI=1S/C12H10F3N5OS/c1-6-9-10(22-18-6)16-5-20(11(9)21)4-7-3-8(12(13,14)15)17-19(7)2/h3,5H,4H2,1-2H3. The second-order valence-corrected chi connectivity index (χ2v) is 5.52. The van der Waals surface area contributed by atoms with Crippen LogP contribution in [-0.2, 0) is 19.8 Å². The van der Waals surface area contributed by atoms with E-state index in [2.05, 4.69) is 14.5 Å². The molecule has 0 radical (unpaired) electrons. The lowest BCUT2D eigenvalue weighted by atomic mass is 10.3. The fraction of sp³-hybridized carbons (Fsp3) is 0.333. The molecule has 3 rings (SSSR count). The number of nitrogens with zero attached hydrogens (tertiary/aromatic N) is 5. The molecule has 116 valence electrons. The average molecular weight is 329 g/mol. The van der Waals surface area contributed by atoms with Gasteiger partial charge in [0.25, 0.3) is 5.56 Å². The summed E-state index contributed by atoms with van der Waals surface area (Å²) in [4.78, 5) is 17.0. The van der Waals surface area contributed by atoms with Gasteiger partial charge in [-0.1, -0.05) is 0 Å². The zero-order valence-corrected chi connectivity index (χ0v) is 12.4. The third kappa shape index (κ3) is 2.39. The van der Waals surface area contributed by atoms with Crippen molar-refractivity contribution < 1.29 is 13.2 Å². The van der Waals surface area contributed by atoms with E-state index in [-0.39, 0.29) is 17.8 Å². The van der Waals surface area contributed by atoms with Crippen LogP contribution in [0.3, 0.4) is 0 Å². The maximum Gasteiger partial charge on any atom is 0.435 e. The number of aryl methyl sites for hydroxylation is 2. The highest BCUT2D eigenvalue weighted by Gasteiger charge is 2.34. The highest BCUT2D eigenvalue weighted by Crippen LogP contribution is 2.28. The van der Waals surface area contributed by atoms with Crippen LogP contribution in [0.4, 0.5) is 13.2 Å². The lowest BCUT2D eigenvalue weighted by Gasteiger charge is -2.05. The van der Waals surface area contributed by atoms with E-state index < -0.39 is 11.9 Å². The molecule has 0 saturated carbocycles. The summed E-state index contributed by atoms with van der Waals surface area (Å²) in [7, 11) is 1.40. The lowest BCUT2D eigenvalue weighted by molar-refractivity contribution is -0.141. The van der Waals surface area contributed by atoms with Crippen LogP contribution in [0.25, 0.3) is 10.2 Å². The fourth-order valence-electron chi connectivity index (χ4n) is 2.09. The van der Waals surface area contributed by atoms with Gasteiger partial charge in [0.05, 0.1) is 29.6 Å². The van der Waals surface area contributed by atoms with Crippen LogP contribution in [-0.4, -0.2) is 23.7 Å². The molecule has 0 aromatic carbocycles. The molecular formula is C12H10F3N5OS. The molecule has 3 heterocycles. The topological polar surface area (TPSA) is 65.6 Å². The Morgan fingerprint density at radius 1 is 1.36 bits per heavy atom. The van der Waals surface area contributed by atoms with E-state index in [9.17, 15) is 18.0 Å². The first-order valence-electron chi connectivity index (χ1n) is 6.19. The van der Waals surface area contributed by atoms with Crippen molar-refractivity contribution in [3.63, 3.8) is 0 Å². The van der Waals surface area contributed by atoms with Crippen molar-refractivity contribution in [3.05, 3.63) is 39.8 Å². The van der Waals surface area contributed by atoms with Gasteiger partial charge in [-0.15, -0.1) is 0 Å². The number of aromatic nitrogens is 5. The molecule has 0 saturated heterocycles. The van der Waals surface area contributed by atoms with Crippen molar-refractivity contribution in [2.24, 2.45) is 7.05 Å². The summed E-state index contributed by atoms with van der Waals surface area (Å²) in [5.41, 5.74) is -0.490. The molecular weight excluding hydrogens is 319 g/mol. The zero-order valence-electron chi connectivity index (χ0n) is 11.5. The molecule has 0 N–H and O–H groups in total. The molecule has 0 aliphatic carbocycles. The van der Waals surface area contributed by atoms with Crippen LogP contribution in [0.15, 0.2) is 17.2 Å². The smallest absolute Gasteiger partial charge is 0.293 e. The van der Waals surface area contributed by atoms with Gasteiger partial charge in [-0.3, -0.25) is 14.0 Å². The summed E-state index contributed by atoms with van der Waals surface area (Å²) in [6, 6.07) is 0.926. The predicted octanol–water partition coefficient (Wildman–Crippen LogP) is 1.96. The zero-order chi connectivity index (χ0) is 16.1. The Morgan fingerprint density at radius 2 is 2.09 bits per heavy atom. The van der Waals surface area contributed by atoms with Crippen LogP contribution in [0.2, 0.25) is 0 Å². The largest absolute Gasteiger partial charge is 0.435 e. The van der Waals surface area contributed by atoms with Crippen molar-refractivity contribution in [1.29, 1.82) is 0 Å². The summed E-state index contributed by atoms with van der Waals surface area (Å²) < 4.78 is 44.4. The monoisotopic (exact) mass is 329 g/mol. The van der Waals surface area contributed by atoms with Crippen molar-refractivity contribution in [2.45, 2.75) is 19.6 Å². The highest BCUT2D eigenvalue weighted by atomic mass is 32.1. The Bertz CT molecular complexity index is 908. The Morgan fingerprint density at radius 3 is 2.73 bits per heavy atom. The van der Waals surface area contributed by atoms with Gasteiger partial charge in [0.15, 0.2) is 10.5 Å². The SMILES string of the molecule is Cc1nsc2ncn(Cc3cc(C(F)(F)F)nn3C)c(=O)c12. The third-order valence-electron chi connectivity index (χ3n) is 3.23. The molecule has 0 atom stereocenters. The van der Waals surface area contributed by atoms with Gasteiger partial charge in [0.1, 0.15) is 0 Å². The Hall–Kier alpha value is -2.23. The summed E-state index contributed by atoms with van der Waals surface area (Å²) >= 11 is 1.11.